The molecule has 1 aliphatic heterocycles. The van der Waals surface area contributed by atoms with Gasteiger partial charge in [-0.15, -0.1) is 0 Å². The van der Waals surface area contributed by atoms with E-state index in [2.05, 4.69) is 34.0 Å². The van der Waals surface area contributed by atoms with Gasteiger partial charge in [0.1, 0.15) is 5.82 Å². The van der Waals surface area contributed by atoms with Gasteiger partial charge in [-0.2, -0.15) is 0 Å². The lowest BCUT2D eigenvalue weighted by molar-refractivity contribution is 0.200. The second-order valence-electron chi connectivity index (χ2n) is 5.75. The van der Waals surface area contributed by atoms with Crippen molar-refractivity contribution in [3.8, 4) is 0 Å². The maximum absolute atomic E-state index is 12.1. The van der Waals surface area contributed by atoms with Gasteiger partial charge in [-0.05, 0) is 53.2 Å². The molecule has 20 heavy (non-hydrogen) atoms. The molecule has 0 saturated carbocycles. The highest BCUT2D eigenvalue weighted by molar-refractivity contribution is 5.20. The second-order valence-corrected chi connectivity index (χ2v) is 5.75. The zero-order valence-corrected chi connectivity index (χ0v) is 13.0. The van der Waals surface area contributed by atoms with Crippen LogP contribution >= 0.6 is 0 Å². The molecule has 1 unspecified atom stereocenters. The Balaban J connectivity index is 2.02. The van der Waals surface area contributed by atoms with Crippen molar-refractivity contribution < 1.29 is 0 Å². The van der Waals surface area contributed by atoms with Gasteiger partial charge in [0.05, 0.1) is 5.56 Å². The topological polar surface area (TPSA) is 61.0 Å². The summed E-state index contributed by atoms with van der Waals surface area (Å²) in [4.78, 5) is 21.7. The number of aromatic nitrogens is 2. The van der Waals surface area contributed by atoms with Crippen molar-refractivity contribution in [2.45, 2.75) is 52.6 Å². The summed E-state index contributed by atoms with van der Waals surface area (Å²) in [6.07, 6.45) is 2.29. The highest BCUT2D eigenvalue weighted by Gasteiger charge is 2.22. The van der Waals surface area contributed by atoms with Crippen LogP contribution in [-0.4, -0.2) is 40.5 Å². The van der Waals surface area contributed by atoms with Crippen molar-refractivity contribution in [2.75, 3.05) is 19.6 Å². The molecular formula is C15H26N4O. The molecule has 0 aliphatic carbocycles. The van der Waals surface area contributed by atoms with Crippen molar-refractivity contribution in [1.29, 1.82) is 0 Å². The summed E-state index contributed by atoms with van der Waals surface area (Å²) in [5, 5.41) is 3.59. The SMILES string of the molecule is CCN1CCC(NC(C)c2c(C)nc(C)[nH]c2=O)CC1. The average molecular weight is 278 g/mol. The van der Waals surface area contributed by atoms with E-state index in [0.717, 1.165) is 43.7 Å². The number of nitrogens with zero attached hydrogens (tertiary/aromatic N) is 2. The van der Waals surface area contributed by atoms with Gasteiger partial charge in [-0.1, -0.05) is 6.92 Å². The molecule has 0 bridgehead atoms. The molecule has 5 heteroatoms. The number of rotatable bonds is 4. The lowest BCUT2D eigenvalue weighted by Gasteiger charge is -2.33. The smallest absolute Gasteiger partial charge is 0.255 e. The Hall–Kier alpha value is -1.20. The van der Waals surface area contributed by atoms with E-state index < -0.39 is 0 Å². The van der Waals surface area contributed by atoms with E-state index in [1.165, 1.54) is 0 Å². The highest BCUT2D eigenvalue weighted by atomic mass is 16.1. The third kappa shape index (κ3) is 3.46. The van der Waals surface area contributed by atoms with E-state index in [9.17, 15) is 4.79 Å². The first-order valence-electron chi connectivity index (χ1n) is 7.57. The molecule has 2 rings (SSSR count). The summed E-state index contributed by atoms with van der Waals surface area (Å²) >= 11 is 0. The van der Waals surface area contributed by atoms with Gasteiger partial charge in [0.25, 0.3) is 5.56 Å². The van der Waals surface area contributed by atoms with Crippen LogP contribution in [0.5, 0.6) is 0 Å². The maximum atomic E-state index is 12.1. The Morgan fingerprint density at radius 1 is 1.40 bits per heavy atom. The first-order valence-corrected chi connectivity index (χ1v) is 7.57. The quantitative estimate of drug-likeness (QED) is 0.876. The lowest BCUT2D eigenvalue weighted by Crippen LogP contribution is -2.44. The predicted octanol–water partition coefficient (Wildman–Crippen LogP) is 1.52. The second kappa shape index (κ2) is 6.50. The molecule has 1 saturated heterocycles. The molecule has 5 nitrogen and oxygen atoms in total. The van der Waals surface area contributed by atoms with Crippen LogP contribution in [0.15, 0.2) is 4.79 Å². The van der Waals surface area contributed by atoms with Crippen LogP contribution in [0.25, 0.3) is 0 Å². The van der Waals surface area contributed by atoms with E-state index in [1.807, 2.05) is 13.8 Å². The van der Waals surface area contributed by atoms with Gasteiger partial charge in [0.2, 0.25) is 0 Å². The number of hydrogen-bond donors (Lipinski definition) is 2. The summed E-state index contributed by atoms with van der Waals surface area (Å²) < 4.78 is 0. The summed E-state index contributed by atoms with van der Waals surface area (Å²) in [5.74, 6) is 0.680. The Labute approximate surface area is 120 Å². The van der Waals surface area contributed by atoms with Crippen molar-refractivity contribution in [3.05, 3.63) is 27.4 Å². The molecule has 1 aliphatic rings. The fourth-order valence-corrected chi connectivity index (χ4v) is 3.10. The Kier molecular flexibility index (Phi) is 4.94. The number of likely N-dealkylation sites (tertiary alicyclic amines) is 1. The standard InChI is InChI=1S/C15H26N4O/c1-5-19-8-6-13(7-9-19)17-11(3)14-10(2)16-12(4)18-15(14)20/h11,13,17H,5-9H2,1-4H3,(H,16,18,20). The highest BCUT2D eigenvalue weighted by Crippen LogP contribution is 2.16. The minimum Gasteiger partial charge on any atom is -0.310 e. The fourth-order valence-electron chi connectivity index (χ4n) is 3.10. The molecule has 0 amide bonds. The molecule has 2 N–H and O–H groups in total. The largest absolute Gasteiger partial charge is 0.310 e. The zero-order chi connectivity index (χ0) is 14.7. The van der Waals surface area contributed by atoms with E-state index >= 15 is 0 Å². The molecule has 1 aromatic rings. The van der Waals surface area contributed by atoms with Crippen LogP contribution in [0.1, 0.15) is 49.8 Å². The van der Waals surface area contributed by atoms with Crippen molar-refractivity contribution in [1.82, 2.24) is 20.2 Å². The first kappa shape index (κ1) is 15.2. The Morgan fingerprint density at radius 3 is 2.60 bits per heavy atom. The maximum Gasteiger partial charge on any atom is 0.255 e. The minimum atomic E-state index is -0.0130. The Bertz CT molecular complexity index is 503. The number of aryl methyl sites for hydroxylation is 2. The first-order chi connectivity index (χ1) is 9.51. The van der Waals surface area contributed by atoms with E-state index in [0.29, 0.717) is 11.9 Å². The normalized spacial score (nSPS) is 19.2. The number of piperidine rings is 1. The third-order valence-electron chi connectivity index (χ3n) is 4.22. The van der Waals surface area contributed by atoms with Crippen molar-refractivity contribution in [3.63, 3.8) is 0 Å². The molecule has 1 fully saturated rings. The Morgan fingerprint density at radius 2 is 2.05 bits per heavy atom. The number of nitrogens with one attached hydrogen (secondary N) is 2. The van der Waals surface area contributed by atoms with Crippen molar-refractivity contribution in [2.24, 2.45) is 0 Å². The van der Waals surface area contributed by atoms with Gasteiger partial charge in [0, 0.05) is 17.8 Å². The summed E-state index contributed by atoms with van der Waals surface area (Å²) in [5.41, 5.74) is 1.59. The molecule has 1 aromatic heterocycles. The van der Waals surface area contributed by atoms with Crippen LogP contribution < -0.4 is 10.9 Å². The minimum absolute atomic E-state index is 0.0130. The number of hydrogen-bond acceptors (Lipinski definition) is 4. The lowest BCUT2D eigenvalue weighted by atomic mass is 10.0. The van der Waals surface area contributed by atoms with Crippen LogP contribution in [0.3, 0.4) is 0 Å². The average Bonchev–Trinajstić information content (AvgIpc) is 2.38. The van der Waals surface area contributed by atoms with Crippen molar-refractivity contribution >= 4 is 0 Å². The van der Waals surface area contributed by atoms with Crippen LogP contribution in [0.2, 0.25) is 0 Å². The number of H-pyrrole nitrogens is 1. The predicted molar refractivity (Wildman–Crippen MR) is 81.0 cm³/mol. The summed E-state index contributed by atoms with van der Waals surface area (Å²) in [7, 11) is 0. The van der Waals surface area contributed by atoms with Crippen LogP contribution in [-0.2, 0) is 0 Å². The summed E-state index contributed by atoms with van der Waals surface area (Å²) in [6.45, 7) is 11.4. The molecule has 112 valence electrons. The van der Waals surface area contributed by atoms with Gasteiger partial charge in [-0.3, -0.25) is 4.79 Å². The van der Waals surface area contributed by atoms with Gasteiger partial charge >= 0.3 is 0 Å². The van der Waals surface area contributed by atoms with E-state index in [-0.39, 0.29) is 11.6 Å². The number of aromatic amines is 1. The molecule has 0 aromatic carbocycles. The fraction of sp³-hybridized carbons (Fsp3) is 0.733. The molecule has 1 atom stereocenters. The molecule has 0 spiro atoms. The zero-order valence-electron chi connectivity index (χ0n) is 13.0. The van der Waals surface area contributed by atoms with Crippen LogP contribution in [0, 0.1) is 13.8 Å². The third-order valence-corrected chi connectivity index (χ3v) is 4.22. The summed E-state index contributed by atoms with van der Waals surface area (Å²) in [6, 6.07) is 0.540. The van der Waals surface area contributed by atoms with Gasteiger partial charge in [0.15, 0.2) is 0 Å². The van der Waals surface area contributed by atoms with E-state index in [4.69, 9.17) is 0 Å². The van der Waals surface area contributed by atoms with Gasteiger partial charge in [-0.25, -0.2) is 4.98 Å². The van der Waals surface area contributed by atoms with Gasteiger partial charge < -0.3 is 15.2 Å². The monoisotopic (exact) mass is 278 g/mol. The molecule has 0 radical (unpaired) electrons. The molecule has 2 heterocycles. The molecular weight excluding hydrogens is 252 g/mol. The van der Waals surface area contributed by atoms with E-state index in [1.54, 1.807) is 0 Å². The van der Waals surface area contributed by atoms with Crippen LogP contribution in [0.4, 0.5) is 0 Å².